The maximum absolute atomic E-state index is 12.0. The van der Waals surface area contributed by atoms with E-state index in [2.05, 4.69) is 14.8 Å². The molecule has 1 atom stereocenters. The highest BCUT2D eigenvalue weighted by Crippen LogP contribution is 2.15. The van der Waals surface area contributed by atoms with E-state index in [-0.39, 0.29) is 5.91 Å². The van der Waals surface area contributed by atoms with Gasteiger partial charge in [0.25, 0.3) is 0 Å². The zero-order chi connectivity index (χ0) is 13.1. The van der Waals surface area contributed by atoms with Crippen LogP contribution in [-0.4, -0.2) is 38.7 Å². The number of carbonyl (C=O) groups excluding carboxylic acids is 1. The van der Waals surface area contributed by atoms with E-state index < -0.39 is 6.04 Å². The van der Waals surface area contributed by atoms with E-state index in [0.717, 1.165) is 43.9 Å². The number of hydrogen-bond acceptors (Lipinski definition) is 4. The van der Waals surface area contributed by atoms with Gasteiger partial charge in [0, 0.05) is 20.0 Å². The van der Waals surface area contributed by atoms with Crippen molar-refractivity contribution in [1.82, 2.24) is 19.7 Å². The van der Waals surface area contributed by atoms with Crippen LogP contribution in [-0.2, 0) is 24.3 Å². The van der Waals surface area contributed by atoms with E-state index >= 15 is 0 Å². The Morgan fingerprint density at radius 3 is 3.06 bits per heavy atom. The Kier molecular flexibility index (Phi) is 3.96. The van der Waals surface area contributed by atoms with Gasteiger partial charge in [-0.15, -0.1) is 10.2 Å². The molecule has 1 amide bonds. The number of aromatic nitrogens is 3. The highest BCUT2D eigenvalue weighted by molar-refractivity contribution is 5.81. The highest BCUT2D eigenvalue weighted by Gasteiger charge is 2.22. The first-order chi connectivity index (χ1) is 8.63. The van der Waals surface area contributed by atoms with Crippen LogP contribution in [0.25, 0.3) is 0 Å². The Balaban J connectivity index is 1.98. The van der Waals surface area contributed by atoms with Crippen LogP contribution >= 0.6 is 0 Å². The number of nitrogens with zero attached hydrogens (tertiary/aromatic N) is 4. The van der Waals surface area contributed by atoms with Crippen molar-refractivity contribution in [2.45, 2.75) is 51.7 Å². The van der Waals surface area contributed by atoms with Crippen LogP contribution in [0.2, 0.25) is 0 Å². The first-order valence-electron chi connectivity index (χ1n) is 6.55. The molecule has 0 saturated carbocycles. The molecule has 0 saturated heterocycles. The molecule has 0 aliphatic carbocycles. The van der Waals surface area contributed by atoms with Crippen LogP contribution in [0.1, 0.15) is 37.8 Å². The molecule has 0 bridgehead atoms. The lowest BCUT2D eigenvalue weighted by molar-refractivity contribution is -0.132. The fourth-order valence-electron chi connectivity index (χ4n) is 2.34. The Bertz CT molecular complexity index is 428. The number of carbonyl (C=O) groups is 1. The summed E-state index contributed by atoms with van der Waals surface area (Å²) in [4.78, 5) is 13.7. The van der Waals surface area contributed by atoms with Gasteiger partial charge in [0.2, 0.25) is 5.91 Å². The molecule has 2 heterocycles. The molecule has 0 spiro atoms. The Labute approximate surface area is 107 Å². The largest absolute Gasteiger partial charge is 0.337 e. The molecule has 0 fully saturated rings. The molecule has 0 radical (unpaired) electrons. The average Bonchev–Trinajstić information content (AvgIpc) is 2.93. The molecule has 6 nitrogen and oxygen atoms in total. The number of aryl methyl sites for hydroxylation is 1. The van der Waals surface area contributed by atoms with Gasteiger partial charge in [0.05, 0.1) is 12.6 Å². The minimum absolute atomic E-state index is 0.0211. The number of likely N-dealkylation sites (N-methyl/N-ethyl adjacent to an activating group) is 1. The molecule has 100 valence electrons. The van der Waals surface area contributed by atoms with E-state index in [0.29, 0.717) is 6.54 Å². The first kappa shape index (κ1) is 13.0. The molecular formula is C12H21N5O. The standard InChI is InChI=1S/C12H21N5O/c1-3-5-9(13)12(18)16(2)8-11-15-14-10-6-4-7-17(10)11/h9H,3-8,13H2,1-2H3. The summed E-state index contributed by atoms with van der Waals surface area (Å²) < 4.78 is 2.11. The highest BCUT2D eigenvalue weighted by atomic mass is 16.2. The number of amides is 1. The summed E-state index contributed by atoms with van der Waals surface area (Å²) in [5.74, 6) is 1.87. The molecular weight excluding hydrogens is 230 g/mol. The van der Waals surface area contributed by atoms with Crippen molar-refractivity contribution < 1.29 is 4.79 Å². The third-order valence-corrected chi connectivity index (χ3v) is 3.36. The molecule has 1 unspecified atom stereocenters. The molecule has 1 aliphatic heterocycles. The van der Waals surface area contributed by atoms with E-state index in [9.17, 15) is 4.79 Å². The third-order valence-electron chi connectivity index (χ3n) is 3.36. The Morgan fingerprint density at radius 1 is 1.56 bits per heavy atom. The smallest absolute Gasteiger partial charge is 0.239 e. The minimum atomic E-state index is -0.402. The summed E-state index contributed by atoms with van der Waals surface area (Å²) in [6, 6.07) is -0.402. The van der Waals surface area contributed by atoms with Crippen LogP contribution in [0, 0.1) is 0 Å². The van der Waals surface area contributed by atoms with Gasteiger partial charge in [-0.3, -0.25) is 4.79 Å². The van der Waals surface area contributed by atoms with Gasteiger partial charge in [-0.2, -0.15) is 0 Å². The van der Waals surface area contributed by atoms with E-state index in [1.54, 1.807) is 11.9 Å². The number of nitrogens with two attached hydrogens (primary N) is 1. The van der Waals surface area contributed by atoms with Crippen LogP contribution in [0.15, 0.2) is 0 Å². The van der Waals surface area contributed by atoms with Crippen LogP contribution in [0.5, 0.6) is 0 Å². The molecule has 18 heavy (non-hydrogen) atoms. The summed E-state index contributed by atoms with van der Waals surface area (Å²) in [5, 5.41) is 8.28. The maximum atomic E-state index is 12.0. The quantitative estimate of drug-likeness (QED) is 0.817. The second-order valence-electron chi connectivity index (χ2n) is 4.88. The summed E-state index contributed by atoms with van der Waals surface area (Å²) in [6.07, 6.45) is 3.74. The molecule has 6 heteroatoms. The van der Waals surface area contributed by atoms with Gasteiger partial charge in [-0.05, 0) is 12.8 Å². The molecule has 1 aliphatic rings. The van der Waals surface area contributed by atoms with Crippen LogP contribution in [0.4, 0.5) is 0 Å². The van der Waals surface area contributed by atoms with Gasteiger partial charge < -0.3 is 15.2 Å². The van der Waals surface area contributed by atoms with Crippen molar-refractivity contribution in [3.05, 3.63) is 11.6 Å². The first-order valence-corrected chi connectivity index (χ1v) is 6.55. The van der Waals surface area contributed by atoms with Crippen molar-refractivity contribution in [3.8, 4) is 0 Å². The monoisotopic (exact) mass is 251 g/mol. The maximum Gasteiger partial charge on any atom is 0.239 e. The van der Waals surface area contributed by atoms with Crippen molar-refractivity contribution in [2.24, 2.45) is 5.73 Å². The van der Waals surface area contributed by atoms with Gasteiger partial charge in [0.1, 0.15) is 5.82 Å². The zero-order valence-electron chi connectivity index (χ0n) is 11.1. The Hall–Kier alpha value is -1.43. The van der Waals surface area contributed by atoms with E-state index in [4.69, 9.17) is 5.73 Å². The molecule has 1 aromatic heterocycles. The predicted octanol–water partition coefficient (Wildman–Crippen LogP) is 0.310. The van der Waals surface area contributed by atoms with E-state index in [1.165, 1.54) is 0 Å². The summed E-state index contributed by atoms with van der Waals surface area (Å²) in [5.41, 5.74) is 5.84. The SMILES string of the molecule is CCCC(N)C(=O)N(C)Cc1nnc2n1CCC2. The number of hydrogen-bond donors (Lipinski definition) is 1. The predicted molar refractivity (Wildman–Crippen MR) is 67.7 cm³/mol. The topological polar surface area (TPSA) is 77.0 Å². The van der Waals surface area contributed by atoms with Crippen molar-refractivity contribution in [1.29, 1.82) is 0 Å². The normalized spacial score (nSPS) is 15.5. The lowest BCUT2D eigenvalue weighted by Gasteiger charge is -2.20. The summed E-state index contributed by atoms with van der Waals surface area (Å²) in [7, 11) is 1.77. The fraction of sp³-hybridized carbons (Fsp3) is 0.750. The third kappa shape index (κ3) is 2.53. The zero-order valence-corrected chi connectivity index (χ0v) is 11.1. The molecule has 0 aromatic carbocycles. The summed E-state index contributed by atoms with van der Waals surface area (Å²) >= 11 is 0. The van der Waals surface area contributed by atoms with Crippen molar-refractivity contribution in [2.75, 3.05) is 7.05 Å². The number of rotatable bonds is 5. The molecule has 2 N–H and O–H groups in total. The number of fused-ring (bicyclic) bond motifs is 1. The summed E-state index contributed by atoms with van der Waals surface area (Å²) in [6.45, 7) is 3.47. The molecule has 1 aromatic rings. The van der Waals surface area contributed by atoms with Crippen LogP contribution < -0.4 is 5.73 Å². The lowest BCUT2D eigenvalue weighted by atomic mass is 10.1. The second-order valence-corrected chi connectivity index (χ2v) is 4.88. The van der Waals surface area contributed by atoms with Gasteiger partial charge in [0.15, 0.2) is 5.82 Å². The minimum Gasteiger partial charge on any atom is -0.337 e. The van der Waals surface area contributed by atoms with E-state index in [1.807, 2.05) is 6.92 Å². The second kappa shape index (κ2) is 5.48. The fourth-order valence-corrected chi connectivity index (χ4v) is 2.34. The van der Waals surface area contributed by atoms with Gasteiger partial charge in [-0.25, -0.2) is 0 Å². The molecule has 2 rings (SSSR count). The van der Waals surface area contributed by atoms with Crippen LogP contribution in [0.3, 0.4) is 0 Å². The van der Waals surface area contributed by atoms with Crippen molar-refractivity contribution >= 4 is 5.91 Å². The van der Waals surface area contributed by atoms with Gasteiger partial charge >= 0.3 is 0 Å². The lowest BCUT2D eigenvalue weighted by Crippen LogP contribution is -2.41. The Morgan fingerprint density at radius 2 is 2.33 bits per heavy atom. The van der Waals surface area contributed by atoms with Gasteiger partial charge in [-0.1, -0.05) is 13.3 Å². The average molecular weight is 251 g/mol. The van der Waals surface area contributed by atoms with Crippen molar-refractivity contribution in [3.63, 3.8) is 0 Å².